The minimum atomic E-state index is -0.296. The van der Waals surface area contributed by atoms with Crippen molar-refractivity contribution in [1.82, 2.24) is 20.6 Å². The van der Waals surface area contributed by atoms with Gasteiger partial charge in [-0.2, -0.15) is 5.21 Å². The number of nitrogens with zero attached hydrogens (tertiary/aromatic N) is 3. The number of amides is 1. The van der Waals surface area contributed by atoms with Gasteiger partial charge in [-0.25, -0.2) is 4.39 Å². The number of nitrogens with one attached hydrogen (secondary N) is 2. The van der Waals surface area contributed by atoms with Gasteiger partial charge >= 0.3 is 0 Å². The lowest BCUT2D eigenvalue weighted by Gasteiger charge is -2.06. The summed E-state index contributed by atoms with van der Waals surface area (Å²) in [6, 6.07) is 13.4. The lowest BCUT2D eigenvalue weighted by atomic mass is 10.1. The zero-order valence-electron chi connectivity index (χ0n) is 12.2. The van der Waals surface area contributed by atoms with Crippen molar-refractivity contribution in [3.63, 3.8) is 0 Å². The van der Waals surface area contributed by atoms with E-state index in [1.165, 1.54) is 12.1 Å². The molecule has 3 aromatic rings. The Hall–Kier alpha value is -3.09. The Morgan fingerprint density at radius 2 is 2.04 bits per heavy atom. The third-order valence-electron chi connectivity index (χ3n) is 3.28. The average Bonchev–Trinajstić information content (AvgIpc) is 3.08. The molecule has 0 unspecified atom stereocenters. The Bertz CT molecular complexity index is 804. The van der Waals surface area contributed by atoms with E-state index in [1.54, 1.807) is 30.3 Å². The first kappa shape index (κ1) is 14.8. The summed E-state index contributed by atoms with van der Waals surface area (Å²) in [6.45, 7) is 0. The summed E-state index contributed by atoms with van der Waals surface area (Å²) in [7, 11) is 0. The lowest BCUT2D eigenvalue weighted by molar-refractivity contribution is -0.116. The molecule has 3 rings (SSSR count). The summed E-state index contributed by atoms with van der Waals surface area (Å²) in [5, 5.41) is 16.5. The number of aryl methyl sites for hydroxylation is 1. The van der Waals surface area contributed by atoms with Crippen LogP contribution in [0.5, 0.6) is 0 Å². The molecule has 1 amide bonds. The monoisotopic (exact) mass is 311 g/mol. The van der Waals surface area contributed by atoms with Gasteiger partial charge in [-0.1, -0.05) is 24.3 Å². The van der Waals surface area contributed by atoms with Crippen LogP contribution in [0.25, 0.3) is 11.4 Å². The second kappa shape index (κ2) is 6.78. The van der Waals surface area contributed by atoms with E-state index in [0.29, 0.717) is 17.9 Å². The first-order valence-corrected chi connectivity index (χ1v) is 7.09. The maximum Gasteiger partial charge on any atom is 0.224 e. The minimum absolute atomic E-state index is 0.139. The third-order valence-corrected chi connectivity index (χ3v) is 3.28. The van der Waals surface area contributed by atoms with Crippen LogP contribution in [0.2, 0.25) is 0 Å². The van der Waals surface area contributed by atoms with Crippen LogP contribution in [-0.2, 0) is 11.2 Å². The molecule has 1 heterocycles. The van der Waals surface area contributed by atoms with E-state index >= 15 is 0 Å². The fourth-order valence-corrected chi connectivity index (χ4v) is 2.19. The van der Waals surface area contributed by atoms with Crippen molar-refractivity contribution in [1.29, 1.82) is 0 Å². The second-order valence-electron chi connectivity index (χ2n) is 4.99. The molecule has 0 aliphatic rings. The van der Waals surface area contributed by atoms with E-state index in [2.05, 4.69) is 25.9 Å². The topological polar surface area (TPSA) is 83.6 Å². The van der Waals surface area contributed by atoms with Crippen LogP contribution in [-0.4, -0.2) is 26.5 Å². The van der Waals surface area contributed by atoms with Gasteiger partial charge in [0, 0.05) is 17.7 Å². The van der Waals surface area contributed by atoms with Crippen LogP contribution in [0.4, 0.5) is 10.1 Å². The number of H-pyrrole nitrogens is 1. The number of rotatable bonds is 5. The number of tetrazole rings is 1. The molecule has 0 saturated heterocycles. The van der Waals surface area contributed by atoms with Crippen LogP contribution in [0.1, 0.15) is 12.0 Å². The average molecular weight is 311 g/mol. The van der Waals surface area contributed by atoms with Gasteiger partial charge in [-0.15, -0.1) is 10.2 Å². The molecule has 1 aromatic heterocycles. The molecule has 7 heteroatoms. The predicted octanol–water partition coefficient (Wildman–Crippen LogP) is 2.58. The fraction of sp³-hybridized carbons (Fsp3) is 0.125. The summed E-state index contributed by atoms with van der Waals surface area (Å²) >= 11 is 0. The number of halogens is 1. The van der Waals surface area contributed by atoms with Crippen molar-refractivity contribution in [3.05, 3.63) is 59.9 Å². The molecular weight excluding hydrogens is 297 g/mol. The van der Waals surface area contributed by atoms with Gasteiger partial charge in [0.15, 0.2) is 0 Å². The Balaban J connectivity index is 1.61. The van der Waals surface area contributed by atoms with E-state index < -0.39 is 0 Å². The SMILES string of the molecule is O=C(CCc1cccc(F)c1)Nc1cccc(-c2nn[nH]n2)c1. The Morgan fingerprint density at radius 1 is 1.17 bits per heavy atom. The number of carbonyl (C=O) groups is 1. The number of hydrogen-bond donors (Lipinski definition) is 2. The van der Waals surface area contributed by atoms with E-state index in [4.69, 9.17) is 0 Å². The van der Waals surface area contributed by atoms with Gasteiger partial charge in [0.2, 0.25) is 11.7 Å². The highest BCUT2D eigenvalue weighted by atomic mass is 19.1. The number of hydrogen-bond acceptors (Lipinski definition) is 4. The summed E-state index contributed by atoms with van der Waals surface area (Å²) in [5.41, 5.74) is 2.19. The molecule has 116 valence electrons. The molecule has 6 nitrogen and oxygen atoms in total. The molecular formula is C16H14FN5O. The zero-order chi connectivity index (χ0) is 16.1. The maximum atomic E-state index is 13.1. The van der Waals surface area contributed by atoms with Gasteiger partial charge in [0.1, 0.15) is 5.82 Å². The van der Waals surface area contributed by atoms with Gasteiger partial charge in [0.25, 0.3) is 0 Å². The van der Waals surface area contributed by atoms with Gasteiger partial charge in [-0.05, 0) is 41.5 Å². The van der Waals surface area contributed by atoms with Crippen molar-refractivity contribution in [2.75, 3.05) is 5.32 Å². The zero-order valence-corrected chi connectivity index (χ0v) is 12.2. The minimum Gasteiger partial charge on any atom is -0.326 e. The number of carbonyl (C=O) groups excluding carboxylic acids is 1. The van der Waals surface area contributed by atoms with E-state index in [0.717, 1.165) is 11.1 Å². The van der Waals surface area contributed by atoms with Crippen LogP contribution >= 0.6 is 0 Å². The van der Waals surface area contributed by atoms with E-state index in [9.17, 15) is 9.18 Å². The van der Waals surface area contributed by atoms with E-state index in [1.807, 2.05) is 6.07 Å². The number of aromatic amines is 1. The third kappa shape index (κ3) is 3.97. The first-order chi connectivity index (χ1) is 11.2. The fourth-order valence-electron chi connectivity index (χ4n) is 2.19. The summed E-state index contributed by atoms with van der Waals surface area (Å²) in [6.07, 6.45) is 0.754. The Labute approximate surface area is 131 Å². The molecule has 2 aromatic carbocycles. The molecule has 2 N–H and O–H groups in total. The number of benzene rings is 2. The second-order valence-corrected chi connectivity index (χ2v) is 4.99. The highest BCUT2D eigenvalue weighted by molar-refractivity contribution is 5.91. The normalized spacial score (nSPS) is 10.5. The van der Waals surface area contributed by atoms with Crippen LogP contribution < -0.4 is 5.32 Å². The molecule has 0 aliphatic heterocycles. The van der Waals surface area contributed by atoms with Crippen molar-refractivity contribution in [3.8, 4) is 11.4 Å². The number of anilines is 1. The van der Waals surface area contributed by atoms with E-state index in [-0.39, 0.29) is 18.1 Å². The van der Waals surface area contributed by atoms with Crippen molar-refractivity contribution in [2.24, 2.45) is 0 Å². The Morgan fingerprint density at radius 3 is 2.83 bits per heavy atom. The van der Waals surface area contributed by atoms with Crippen molar-refractivity contribution >= 4 is 11.6 Å². The Kier molecular flexibility index (Phi) is 4.37. The largest absolute Gasteiger partial charge is 0.326 e. The molecule has 0 saturated carbocycles. The number of aromatic nitrogens is 4. The van der Waals surface area contributed by atoms with Crippen molar-refractivity contribution < 1.29 is 9.18 Å². The van der Waals surface area contributed by atoms with Gasteiger partial charge in [-0.3, -0.25) is 4.79 Å². The molecule has 23 heavy (non-hydrogen) atoms. The predicted molar refractivity (Wildman–Crippen MR) is 83.0 cm³/mol. The molecule has 0 atom stereocenters. The van der Waals surface area contributed by atoms with Crippen LogP contribution in [0.3, 0.4) is 0 Å². The highest BCUT2D eigenvalue weighted by Gasteiger charge is 2.07. The summed E-state index contributed by atoms with van der Waals surface area (Å²) < 4.78 is 13.1. The standard InChI is InChI=1S/C16H14FN5O/c17-13-5-1-3-11(9-13)7-8-15(23)18-14-6-2-4-12(10-14)16-19-21-22-20-16/h1-6,9-10H,7-8H2,(H,18,23)(H,19,20,21,22). The quantitative estimate of drug-likeness (QED) is 0.758. The molecule has 0 fully saturated rings. The summed E-state index contributed by atoms with van der Waals surface area (Å²) in [4.78, 5) is 12.0. The summed E-state index contributed by atoms with van der Waals surface area (Å²) in [5.74, 6) is 0.0242. The van der Waals surface area contributed by atoms with Gasteiger partial charge < -0.3 is 5.32 Å². The van der Waals surface area contributed by atoms with Gasteiger partial charge in [0.05, 0.1) is 0 Å². The smallest absolute Gasteiger partial charge is 0.224 e. The first-order valence-electron chi connectivity index (χ1n) is 7.09. The maximum absolute atomic E-state index is 13.1. The molecule has 0 radical (unpaired) electrons. The molecule has 0 bridgehead atoms. The van der Waals surface area contributed by atoms with Crippen LogP contribution in [0, 0.1) is 5.82 Å². The molecule has 0 spiro atoms. The van der Waals surface area contributed by atoms with Crippen molar-refractivity contribution in [2.45, 2.75) is 12.8 Å². The highest BCUT2D eigenvalue weighted by Crippen LogP contribution is 2.18. The molecule has 0 aliphatic carbocycles. The lowest BCUT2D eigenvalue weighted by Crippen LogP contribution is -2.12. The van der Waals surface area contributed by atoms with Crippen LogP contribution in [0.15, 0.2) is 48.5 Å².